The number of aromatic carboxylic acids is 1. The van der Waals surface area contributed by atoms with Crippen molar-refractivity contribution >= 4 is 34.6 Å². The molecule has 6 nitrogen and oxygen atoms in total. The normalized spacial score (nSPS) is 19.2. The lowest BCUT2D eigenvalue weighted by Gasteiger charge is -2.11. The predicted octanol–water partition coefficient (Wildman–Crippen LogP) is 0.113. The zero-order chi connectivity index (χ0) is 13.3. The van der Waals surface area contributed by atoms with E-state index < -0.39 is 11.3 Å². The summed E-state index contributed by atoms with van der Waals surface area (Å²) in [7, 11) is 1.42. The lowest BCUT2D eigenvalue weighted by Crippen LogP contribution is -2.31. The van der Waals surface area contributed by atoms with Crippen LogP contribution in [0.25, 0.3) is 0 Å². The van der Waals surface area contributed by atoms with E-state index in [1.54, 1.807) is 0 Å². The third-order valence-corrected chi connectivity index (χ3v) is 3.50. The maximum absolute atomic E-state index is 11.6. The van der Waals surface area contributed by atoms with Gasteiger partial charge in [0.1, 0.15) is 0 Å². The van der Waals surface area contributed by atoms with Crippen LogP contribution in [0.2, 0.25) is 0 Å². The fourth-order valence-corrected chi connectivity index (χ4v) is 2.34. The van der Waals surface area contributed by atoms with Crippen LogP contribution in [-0.4, -0.2) is 34.4 Å². The Morgan fingerprint density at radius 3 is 2.39 bits per heavy atom. The summed E-state index contributed by atoms with van der Waals surface area (Å²) in [6.45, 7) is 0. The van der Waals surface area contributed by atoms with E-state index in [9.17, 15) is 19.5 Å². The van der Waals surface area contributed by atoms with E-state index in [1.165, 1.54) is 31.3 Å². The number of thioether (sulfide) groups is 1. The Bertz CT molecular complexity index is 514. The van der Waals surface area contributed by atoms with Crippen molar-refractivity contribution in [3.8, 4) is 0 Å². The second-order valence-electron chi connectivity index (χ2n) is 3.67. The van der Waals surface area contributed by atoms with Crippen LogP contribution in [0.3, 0.4) is 0 Å². The largest absolute Gasteiger partial charge is 0.545 e. The van der Waals surface area contributed by atoms with Crippen LogP contribution >= 0.6 is 11.8 Å². The molecular formula is C11H9N2O4S-. The van der Waals surface area contributed by atoms with Crippen LogP contribution in [-0.2, 0) is 4.79 Å². The number of imide groups is 1. The standard InChI is InChI=1S/C11H10N2O4S/c1-13-9(14)8(18-11(13)17)12-7-4-2-6(3-5-7)10(15)16/h2-5,8,12H,1H3,(H,15,16)/p-1/t8-/m1/s1. The van der Waals surface area contributed by atoms with E-state index in [2.05, 4.69) is 5.32 Å². The summed E-state index contributed by atoms with van der Waals surface area (Å²) in [6.07, 6.45) is 0. The number of hydrogen-bond acceptors (Lipinski definition) is 6. The molecule has 2 rings (SSSR count). The lowest BCUT2D eigenvalue weighted by atomic mass is 10.2. The fraction of sp³-hybridized carbons (Fsp3) is 0.182. The van der Waals surface area contributed by atoms with Gasteiger partial charge in [-0.15, -0.1) is 0 Å². The minimum Gasteiger partial charge on any atom is -0.545 e. The van der Waals surface area contributed by atoms with Gasteiger partial charge >= 0.3 is 0 Å². The molecule has 0 radical (unpaired) electrons. The van der Waals surface area contributed by atoms with Gasteiger partial charge < -0.3 is 15.2 Å². The molecular weight excluding hydrogens is 256 g/mol. The molecule has 1 aromatic rings. The number of carboxylic acid groups (broad SMARTS) is 1. The number of carbonyl (C=O) groups excluding carboxylic acids is 3. The summed E-state index contributed by atoms with van der Waals surface area (Å²) < 4.78 is 0. The van der Waals surface area contributed by atoms with Crippen molar-refractivity contribution < 1.29 is 19.5 Å². The van der Waals surface area contributed by atoms with Crippen LogP contribution < -0.4 is 10.4 Å². The molecule has 1 atom stereocenters. The molecule has 1 aliphatic rings. The molecule has 1 heterocycles. The first kappa shape index (κ1) is 12.4. The summed E-state index contributed by atoms with van der Waals surface area (Å²) in [5.41, 5.74) is 0.619. The Morgan fingerprint density at radius 2 is 1.94 bits per heavy atom. The van der Waals surface area contributed by atoms with E-state index in [0.29, 0.717) is 5.69 Å². The third-order valence-electron chi connectivity index (χ3n) is 2.47. The average molecular weight is 265 g/mol. The molecule has 2 amide bonds. The monoisotopic (exact) mass is 265 g/mol. The van der Waals surface area contributed by atoms with Crippen LogP contribution in [0, 0.1) is 0 Å². The van der Waals surface area contributed by atoms with Crippen LogP contribution in [0.4, 0.5) is 10.5 Å². The number of nitrogens with one attached hydrogen (secondary N) is 1. The first-order valence-corrected chi connectivity index (χ1v) is 5.93. The SMILES string of the molecule is CN1C(=O)S[C@@H](Nc2ccc(C(=O)[O-])cc2)C1=O. The molecule has 1 saturated heterocycles. The second kappa shape index (κ2) is 4.69. The molecule has 0 unspecified atom stereocenters. The van der Waals surface area contributed by atoms with Crippen molar-refractivity contribution in [3.05, 3.63) is 29.8 Å². The number of carbonyl (C=O) groups is 3. The van der Waals surface area contributed by atoms with Gasteiger partial charge in [0.25, 0.3) is 11.1 Å². The van der Waals surface area contributed by atoms with Crippen molar-refractivity contribution in [3.63, 3.8) is 0 Å². The van der Waals surface area contributed by atoms with E-state index in [-0.39, 0.29) is 16.7 Å². The highest BCUT2D eigenvalue weighted by Gasteiger charge is 2.36. The Balaban J connectivity index is 2.08. The Kier molecular flexibility index (Phi) is 3.24. The van der Waals surface area contributed by atoms with E-state index in [0.717, 1.165) is 16.7 Å². The number of anilines is 1. The van der Waals surface area contributed by atoms with Gasteiger partial charge in [0.2, 0.25) is 0 Å². The Hall–Kier alpha value is -2.02. The minimum absolute atomic E-state index is 0.0548. The lowest BCUT2D eigenvalue weighted by molar-refractivity contribution is -0.255. The number of rotatable bonds is 3. The Morgan fingerprint density at radius 1 is 1.33 bits per heavy atom. The topological polar surface area (TPSA) is 89.5 Å². The van der Waals surface area contributed by atoms with Crippen LogP contribution in [0.1, 0.15) is 10.4 Å². The molecule has 0 saturated carbocycles. The quantitative estimate of drug-likeness (QED) is 0.834. The molecule has 18 heavy (non-hydrogen) atoms. The van der Waals surface area contributed by atoms with Crippen LogP contribution in [0.5, 0.6) is 0 Å². The van der Waals surface area contributed by atoms with Gasteiger partial charge in [0.05, 0.1) is 5.97 Å². The van der Waals surface area contributed by atoms with Gasteiger partial charge in [0, 0.05) is 12.7 Å². The van der Waals surface area contributed by atoms with Gasteiger partial charge in [-0.3, -0.25) is 14.5 Å². The number of amides is 2. The Labute approximate surface area is 107 Å². The van der Waals surface area contributed by atoms with E-state index in [1.807, 2.05) is 0 Å². The van der Waals surface area contributed by atoms with Gasteiger partial charge in [0.15, 0.2) is 5.37 Å². The number of benzene rings is 1. The van der Waals surface area contributed by atoms with Crippen molar-refractivity contribution in [1.29, 1.82) is 0 Å². The zero-order valence-corrected chi connectivity index (χ0v) is 10.2. The molecule has 1 aromatic carbocycles. The highest BCUT2D eigenvalue weighted by molar-refractivity contribution is 8.15. The van der Waals surface area contributed by atoms with Gasteiger partial charge in [-0.25, -0.2) is 0 Å². The minimum atomic E-state index is -1.26. The van der Waals surface area contributed by atoms with Crippen molar-refractivity contribution in [2.45, 2.75) is 5.37 Å². The third kappa shape index (κ3) is 2.30. The van der Waals surface area contributed by atoms with Gasteiger partial charge in [-0.2, -0.15) is 0 Å². The zero-order valence-electron chi connectivity index (χ0n) is 9.38. The molecule has 1 fully saturated rings. The summed E-state index contributed by atoms with van der Waals surface area (Å²) in [5.74, 6) is -1.59. The molecule has 94 valence electrons. The first-order chi connectivity index (χ1) is 8.49. The molecule has 0 aliphatic carbocycles. The fourth-order valence-electron chi connectivity index (χ4n) is 1.44. The van der Waals surface area contributed by atoms with E-state index >= 15 is 0 Å². The molecule has 1 aliphatic heterocycles. The number of hydrogen-bond donors (Lipinski definition) is 1. The summed E-state index contributed by atoms with van der Waals surface area (Å²) in [6, 6.07) is 5.77. The van der Waals surface area contributed by atoms with Gasteiger partial charge in [-0.1, -0.05) is 12.1 Å². The number of carboxylic acids is 1. The van der Waals surface area contributed by atoms with Crippen molar-refractivity contribution in [2.24, 2.45) is 0 Å². The maximum Gasteiger partial charge on any atom is 0.290 e. The average Bonchev–Trinajstić information content (AvgIpc) is 2.58. The molecule has 0 aromatic heterocycles. The van der Waals surface area contributed by atoms with Gasteiger partial charge in [-0.05, 0) is 29.5 Å². The number of likely N-dealkylation sites (N-methyl/N-ethyl adjacent to an activating group) is 1. The summed E-state index contributed by atoms with van der Waals surface area (Å²) in [4.78, 5) is 34.5. The van der Waals surface area contributed by atoms with Crippen molar-refractivity contribution in [1.82, 2.24) is 4.90 Å². The summed E-state index contributed by atoms with van der Waals surface area (Å²) in [5, 5.41) is 12.4. The second-order valence-corrected chi connectivity index (χ2v) is 4.73. The molecule has 1 N–H and O–H groups in total. The molecule has 0 spiro atoms. The van der Waals surface area contributed by atoms with E-state index in [4.69, 9.17) is 0 Å². The van der Waals surface area contributed by atoms with Crippen molar-refractivity contribution in [2.75, 3.05) is 12.4 Å². The smallest absolute Gasteiger partial charge is 0.290 e. The first-order valence-electron chi connectivity index (χ1n) is 5.05. The predicted molar refractivity (Wildman–Crippen MR) is 63.9 cm³/mol. The van der Waals surface area contributed by atoms with Crippen LogP contribution in [0.15, 0.2) is 24.3 Å². The molecule has 0 bridgehead atoms. The highest BCUT2D eigenvalue weighted by Crippen LogP contribution is 2.26. The molecule has 7 heteroatoms. The number of nitrogens with zero attached hydrogens (tertiary/aromatic N) is 1. The summed E-state index contributed by atoms with van der Waals surface area (Å²) >= 11 is 0.885. The maximum atomic E-state index is 11.6. The highest BCUT2D eigenvalue weighted by atomic mass is 32.2.